The van der Waals surface area contributed by atoms with Gasteiger partial charge in [0, 0.05) is 16.7 Å². The van der Waals surface area contributed by atoms with Gasteiger partial charge in [-0.1, -0.05) is 6.07 Å². The molecule has 0 aliphatic carbocycles. The van der Waals surface area contributed by atoms with Crippen molar-refractivity contribution in [3.63, 3.8) is 0 Å². The molecule has 0 saturated carbocycles. The van der Waals surface area contributed by atoms with Crippen molar-refractivity contribution in [2.24, 2.45) is 5.92 Å². The summed E-state index contributed by atoms with van der Waals surface area (Å²) in [4.78, 5) is 14.2. The SMILES string of the molecule is CNCC1CCCN(C(=O)c2c(F)cccc2I)C1.Cl. The molecule has 0 aromatic heterocycles. The van der Waals surface area contributed by atoms with Crippen molar-refractivity contribution < 1.29 is 9.18 Å². The third-order valence-electron chi connectivity index (χ3n) is 3.48. The fraction of sp³-hybridized carbons (Fsp3) is 0.500. The molecule has 1 aliphatic rings. The summed E-state index contributed by atoms with van der Waals surface area (Å²) in [6.07, 6.45) is 2.11. The van der Waals surface area contributed by atoms with Crippen LogP contribution < -0.4 is 5.32 Å². The second kappa shape index (κ2) is 8.14. The molecule has 1 amide bonds. The van der Waals surface area contributed by atoms with Crippen LogP contribution in [0.3, 0.4) is 0 Å². The van der Waals surface area contributed by atoms with Gasteiger partial charge in [0.05, 0.1) is 5.56 Å². The zero-order chi connectivity index (χ0) is 13.8. The zero-order valence-corrected chi connectivity index (χ0v) is 14.3. The molecule has 112 valence electrons. The Balaban J connectivity index is 0.00000200. The van der Waals surface area contributed by atoms with Crippen LogP contribution in [0, 0.1) is 15.3 Å². The summed E-state index contributed by atoms with van der Waals surface area (Å²) in [6, 6.07) is 4.75. The number of carbonyl (C=O) groups is 1. The van der Waals surface area contributed by atoms with Crippen LogP contribution in [-0.4, -0.2) is 37.5 Å². The van der Waals surface area contributed by atoms with Crippen molar-refractivity contribution in [2.45, 2.75) is 12.8 Å². The summed E-state index contributed by atoms with van der Waals surface area (Å²) >= 11 is 2.02. The molecule has 0 spiro atoms. The first-order valence-electron chi connectivity index (χ1n) is 6.51. The normalized spacial score (nSPS) is 18.6. The van der Waals surface area contributed by atoms with Gasteiger partial charge in [-0.3, -0.25) is 4.79 Å². The molecule has 1 unspecified atom stereocenters. The van der Waals surface area contributed by atoms with Gasteiger partial charge in [0.2, 0.25) is 0 Å². The molecule has 1 N–H and O–H groups in total. The minimum Gasteiger partial charge on any atom is -0.338 e. The van der Waals surface area contributed by atoms with Crippen LogP contribution in [0.4, 0.5) is 4.39 Å². The Morgan fingerprint density at radius 2 is 2.30 bits per heavy atom. The van der Waals surface area contributed by atoms with Gasteiger partial charge in [0.1, 0.15) is 5.82 Å². The highest BCUT2D eigenvalue weighted by Crippen LogP contribution is 2.22. The van der Waals surface area contributed by atoms with E-state index in [-0.39, 0.29) is 23.9 Å². The summed E-state index contributed by atoms with van der Waals surface area (Å²) < 4.78 is 14.5. The second-order valence-electron chi connectivity index (χ2n) is 4.91. The number of benzene rings is 1. The van der Waals surface area contributed by atoms with E-state index >= 15 is 0 Å². The zero-order valence-electron chi connectivity index (χ0n) is 11.4. The highest BCUT2D eigenvalue weighted by Gasteiger charge is 2.26. The van der Waals surface area contributed by atoms with Crippen LogP contribution in [-0.2, 0) is 0 Å². The second-order valence-corrected chi connectivity index (χ2v) is 6.08. The maximum atomic E-state index is 13.8. The first-order valence-corrected chi connectivity index (χ1v) is 7.59. The van der Waals surface area contributed by atoms with Crippen LogP contribution >= 0.6 is 35.0 Å². The highest BCUT2D eigenvalue weighted by atomic mass is 127. The molecule has 6 heteroatoms. The van der Waals surface area contributed by atoms with Gasteiger partial charge in [0.25, 0.3) is 5.91 Å². The van der Waals surface area contributed by atoms with Crippen molar-refractivity contribution in [3.8, 4) is 0 Å². The third-order valence-corrected chi connectivity index (χ3v) is 4.37. The Morgan fingerprint density at radius 3 is 2.95 bits per heavy atom. The Labute approximate surface area is 138 Å². The number of hydrogen-bond donors (Lipinski definition) is 1. The highest BCUT2D eigenvalue weighted by molar-refractivity contribution is 14.1. The van der Waals surface area contributed by atoms with E-state index in [4.69, 9.17) is 0 Å². The summed E-state index contributed by atoms with van der Waals surface area (Å²) in [7, 11) is 1.92. The quantitative estimate of drug-likeness (QED) is 0.774. The van der Waals surface area contributed by atoms with Crippen LogP contribution in [0.5, 0.6) is 0 Å². The van der Waals surface area contributed by atoms with E-state index in [1.165, 1.54) is 6.07 Å². The number of piperidine rings is 1. The summed E-state index contributed by atoms with van der Waals surface area (Å²) in [6.45, 7) is 2.34. The number of carbonyl (C=O) groups excluding carboxylic acids is 1. The fourth-order valence-corrected chi connectivity index (χ4v) is 3.26. The Hall–Kier alpha value is -0.400. The molecule has 3 nitrogen and oxygen atoms in total. The van der Waals surface area contributed by atoms with Gasteiger partial charge < -0.3 is 10.2 Å². The number of amides is 1. The topological polar surface area (TPSA) is 32.3 Å². The Morgan fingerprint density at radius 1 is 1.55 bits per heavy atom. The molecule has 1 aliphatic heterocycles. The van der Waals surface area contributed by atoms with Crippen LogP contribution in [0.25, 0.3) is 0 Å². The van der Waals surface area contributed by atoms with Gasteiger partial charge >= 0.3 is 0 Å². The number of halogens is 3. The predicted molar refractivity (Wildman–Crippen MR) is 88.9 cm³/mol. The molecule has 0 radical (unpaired) electrons. The molecule has 1 heterocycles. The summed E-state index contributed by atoms with van der Waals surface area (Å²) in [5.74, 6) is -0.136. The number of nitrogens with zero attached hydrogens (tertiary/aromatic N) is 1. The monoisotopic (exact) mass is 412 g/mol. The van der Waals surface area contributed by atoms with E-state index in [1.54, 1.807) is 17.0 Å². The van der Waals surface area contributed by atoms with E-state index in [2.05, 4.69) is 5.32 Å². The van der Waals surface area contributed by atoms with Crippen molar-refractivity contribution in [1.82, 2.24) is 10.2 Å². The molecule has 1 aromatic carbocycles. The molecular weight excluding hydrogens is 394 g/mol. The van der Waals surface area contributed by atoms with Gasteiger partial charge in [-0.05, 0) is 67.1 Å². The van der Waals surface area contributed by atoms with Crippen LogP contribution in [0.1, 0.15) is 23.2 Å². The predicted octanol–water partition coefficient (Wildman–Crippen LogP) is 2.92. The average molecular weight is 413 g/mol. The number of rotatable bonds is 3. The Kier molecular flexibility index (Phi) is 7.19. The third kappa shape index (κ3) is 4.05. The first-order chi connectivity index (χ1) is 9.13. The number of likely N-dealkylation sites (tertiary alicyclic amines) is 1. The lowest BCUT2D eigenvalue weighted by Crippen LogP contribution is -2.43. The van der Waals surface area contributed by atoms with Gasteiger partial charge in [-0.15, -0.1) is 12.4 Å². The maximum Gasteiger partial charge on any atom is 0.257 e. The Bertz CT molecular complexity index is 450. The van der Waals surface area contributed by atoms with Crippen LogP contribution in [0.2, 0.25) is 0 Å². The van der Waals surface area contributed by atoms with Crippen molar-refractivity contribution in [3.05, 3.63) is 33.1 Å². The standard InChI is InChI=1S/C14H18FIN2O.ClH/c1-17-8-10-4-3-7-18(9-10)14(19)13-11(15)5-2-6-12(13)16;/h2,5-6,10,17H,3-4,7-9H2,1H3;1H. The molecule has 1 saturated heterocycles. The first kappa shape index (κ1) is 17.7. The molecular formula is C14H19ClFIN2O. The number of nitrogens with one attached hydrogen (secondary N) is 1. The minimum absolute atomic E-state index is 0. The smallest absolute Gasteiger partial charge is 0.257 e. The lowest BCUT2D eigenvalue weighted by atomic mass is 9.97. The van der Waals surface area contributed by atoms with Crippen molar-refractivity contribution in [1.29, 1.82) is 0 Å². The van der Waals surface area contributed by atoms with Gasteiger partial charge in [-0.2, -0.15) is 0 Å². The number of hydrogen-bond acceptors (Lipinski definition) is 2. The lowest BCUT2D eigenvalue weighted by molar-refractivity contribution is 0.0668. The molecule has 2 rings (SSSR count). The van der Waals surface area contributed by atoms with Crippen molar-refractivity contribution in [2.75, 3.05) is 26.7 Å². The maximum absolute atomic E-state index is 13.8. The van der Waals surface area contributed by atoms with E-state index in [0.29, 0.717) is 16.0 Å². The molecule has 1 atom stereocenters. The van der Waals surface area contributed by atoms with Crippen molar-refractivity contribution >= 4 is 40.9 Å². The molecule has 1 fully saturated rings. The fourth-order valence-electron chi connectivity index (χ4n) is 2.57. The van der Waals surface area contributed by atoms with E-state index in [9.17, 15) is 9.18 Å². The van der Waals surface area contributed by atoms with E-state index < -0.39 is 5.82 Å². The van der Waals surface area contributed by atoms with E-state index in [0.717, 1.165) is 25.9 Å². The molecule has 0 bridgehead atoms. The average Bonchev–Trinajstić information content (AvgIpc) is 2.39. The van der Waals surface area contributed by atoms with E-state index in [1.807, 2.05) is 29.6 Å². The molecule has 1 aromatic rings. The van der Waals surface area contributed by atoms with Gasteiger partial charge in [0.15, 0.2) is 0 Å². The lowest BCUT2D eigenvalue weighted by Gasteiger charge is -2.33. The minimum atomic E-state index is -0.423. The van der Waals surface area contributed by atoms with Gasteiger partial charge in [-0.25, -0.2) is 4.39 Å². The molecule has 20 heavy (non-hydrogen) atoms. The summed E-state index contributed by atoms with van der Waals surface area (Å²) in [5.41, 5.74) is 0.216. The largest absolute Gasteiger partial charge is 0.338 e. The van der Waals surface area contributed by atoms with Crippen LogP contribution in [0.15, 0.2) is 18.2 Å². The summed E-state index contributed by atoms with van der Waals surface area (Å²) in [5, 5.41) is 3.15.